The number of carbonyl (C=O) groups is 2. The number of rotatable bonds is 2. The lowest BCUT2D eigenvalue weighted by Crippen LogP contribution is -2.42. The smallest absolute Gasteiger partial charge is 0.262 e. The molecule has 0 radical (unpaired) electrons. The number of piperidine rings is 1. The van der Waals surface area contributed by atoms with Gasteiger partial charge in [0.05, 0.1) is 10.6 Å². The first-order valence-corrected chi connectivity index (χ1v) is 10.9. The molecule has 150 valence electrons. The summed E-state index contributed by atoms with van der Waals surface area (Å²) in [5.74, 6) is 0.954. The van der Waals surface area contributed by atoms with Crippen molar-refractivity contribution in [2.75, 3.05) is 18.4 Å². The molecule has 2 unspecified atom stereocenters. The van der Waals surface area contributed by atoms with Crippen molar-refractivity contribution in [1.82, 2.24) is 4.90 Å². The van der Waals surface area contributed by atoms with Crippen LogP contribution in [-0.2, 0) is 4.79 Å². The van der Waals surface area contributed by atoms with Gasteiger partial charge in [-0.1, -0.05) is 55.4 Å². The van der Waals surface area contributed by atoms with Gasteiger partial charge in [-0.25, -0.2) is 0 Å². The Balaban J connectivity index is 1.56. The van der Waals surface area contributed by atoms with Gasteiger partial charge in [0.25, 0.3) is 11.8 Å². The first kappa shape index (κ1) is 19.8. The van der Waals surface area contributed by atoms with E-state index in [2.05, 4.69) is 25.2 Å². The van der Waals surface area contributed by atoms with Crippen LogP contribution in [0.5, 0.6) is 0 Å². The summed E-state index contributed by atoms with van der Waals surface area (Å²) in [5.41, 5.74) is 3.51. The summed E-state index contributed by atoms with van der Waals surface area (Å²) in [6, 6.07) is 13.7. The summed E-state index contributed by atoms with van der Waals surface area (Å²) in [5, 5.41) is 2.96. The van der Waals surface area contributed by atoms with Crippen LogP contribution < -0.4 is 5.32 Å². The van der Waals surface area contributed by atoms with E-state index < -0.39 is 0 Å². The molecule has 2 amide bonds. The number of fused-ring (bicyclic) bond motifs is 1. The van der Waals surface area contributed by atoms with E-state index in [4.69, 9.17) is 0 Å². The summed E-state index contributed by atoms with van der Waals surface area (Å²) in [6.07, 6.45) is 3.07. The molecule has 0 saturated carbocycles. The van der Waals surface area contributed by atoms with Crippen LogP contribution in [0.2, 0.25) is 0 Å². The molecule has 0 aromatic heterocycles. The van der Waals surface area contributed by atoms with Crippen LogP contribution in [0.15, 0.2) is 52.3 Å². The van der Waals surface area contributed by atoms with Crippen molar-refractivity contribution >= 4 is 35.3 Å². The van der Waals surface area contributed by atoms with Crippen LogP contribution in [0.3, 0.4) is 0 Å². The first-order chi connectivity index (χ1) is 13.9. The SMILES string of the molecule is Cc1cccc(/C=C2/Sc3ccc(C(=O)N4CC(C)CC(C)C4)cc3NC2=O)c1. The largest absolute Gasteiger partial charge is 0.338 e. The molecule has 0 aliphatic carbocycles. The number of anilines is 1. The number of hydrogen-bond acceptors (Lipinski definition) is 3. The summed E-state index contributed by atoms with van der Waals surface area (Å²) < 4.78 is 0. The highest BCUT2D eigenvalue weighted by Crippen LogP contribution is 2.39. The molecule has 0 bridgehead atoms. The highest BCUT2D eigenvalue weighted by atomic mass is 32.2. The molecule has 4 rings (SSSR count). The van der Waals surface area contributed by atoms with Crippen LogP contribution in [-0.4, -0.2) is 29.8 Å². The lowest BCUT2D eigenvalue weighted by atomic mass is 9.91. The molecule has 2 heterocycles. The summed E-state index contributed by atoms with van der Waals surface area (Å²) in [6.45, 7) is 8.02. The minimum Gasteiger partial charge on any atom is -0.338 e. The van der Waals surface area contributed by atoms with Gasteiger partial charge < -0.3 is 10.2 Å². The zero-order valence-corrected chi connectivity index (χ0v) is 17.9. The molecule has 2 aliphatic rings. The lowest BCUT2D eigenvalue weighted by Gasteiger charge is -2.35. The molecule has 2 atom stereocenters. The number of nitrogens with zero attached hydrogens (tertiary/aromatic N) is 1. The van der Waals surface area contributed by atoms with E-state index in [-0.39, 0.29) is 11.8 Å². The van der Waals surface area contributed by atoms with E-state index in [1.165, 1.54) is 11.8 Å². The van der Waals surface area contributed by atoms with Gasteiger partial charge in [-0.05, 0) is 55.0 Å². The second-order valence-electron chi connectivity index (χ2n) is 8.35. The van der Waals surface area contributed by atoms with E-state index in [0.717, 1.165) is 35.5 Å². The molecule has 0 spiro atoms. The number of hydrogen-bond donors (Lipinski definition) is 1. The number of benzene rings is 2. The van der Waals surface area contributed by atoms with Crippen molar-refractivity contribution in [2.45, 2.75) is 32.1 Å². The van der Waals surface area contributed by atoms with Crippen molar-refractivity contribution in [1.29, 1.82) is 0 Å². The van der Waals surface area contributed by atoms with E-state index >= 15 is 0 Å². The lowest BCUT2D eigenvalue weighted by molar-refractivity contribution is -0.112. The van der Waals surface area contributed by atoms with Crippen LogP contribution in [0, 0.1) is 18.8 Å². The zero-order chi connectivity index (χ0) is 20.5. The molecule has 2 aliphatic heterocycles. The van der Waals surface area contributed by atoms with Crippen molar-refractivity contribution in [3.8, 4) is 0 Å². The highest BCUT2D eigenvalue weighted by Gasteiger charge is 2.28. The molecular formula is C24H26N2O2S. The Morgan fingerprint density at radius 2 is 1.90 bits per heavy atom. The van der Waals surface area contributed by atoms with Gasteiger partial charge in [-0.2, -0.15) is 0 Å². The monoisotopic (exact) mass is 406 g/mol. The van der Waals surface area contributed by atoms with Gasteiger partial charge in [0.2, 0.25) is 0 Å². The maximum Gasteiger partial charge on any atom is 0.262 e. The Morgan fingerprint density at radius 1 is 1.14 bits per heavy atom. The van der Waals surface area contributed by atoms with E-state index in [1.807, 2.05) is 54.3 Å². The average molecular weight is 407 g/mol. The van der Waals surface area contributed by atoms with Crippen LogP contribution in [0.25, 0.3) is 6.08 Å². The normalized spacial score (nSPS) is 22.9. The van der Waals surface area contributed by atoms with Gasteiger partial charge >= 0.3 is 0 Å². The Bertz CT molecular complexity index is 988. The van der Waals surface area contributed by atoms with E-state index in [9.17, 15) is 9.59 Å². The number of nitrogens with one attached hydrogen (secondary N) is 1. The molecule has 1 fully saturated rings. The third-order valence-corrected chi connectivity index (χ3v) is 6.51. The van der Waals surface area contributed by atoms with Gasteiger partial charge in [0.15, 0.2) is 0 Å². The van der Waals surface area contributed by atoms with Crippen molar-refractivity contribution in [3.05, 3.63) is 64.1 Å². The van der Waals surface area contributed by atoms with Gasteiger partial charge in [0.1, 0.15) is 0 Å². The van der Waals surface area contributed by atoms with Gasteiger partial charge in [0, 0.05) is 23.5 Å². The minimum absolute atomic E-state index is 0.0477. The Hall–Kier alpha value is -2.53. The van der Waals surface area contributed by atoms with Crippen LogP contribution in [0.1, 0.15) is 41.8 Å². The number of carbonyl (C=O) groups excluding carboxylic acids is 2. The predicted molar refractivity (Wildman–Crippen MR) is 119 cm³/mol. The van der Waals surface area contributed by atoms with Crippen molar-refractivity contribution in [3.63, 3.8) is 0 Å². The summed E-state index contributed by atoms with van der Waals surface area (Å²) in [4.78, 5) is 29.2. The zero-order valence-electron chi connectivity index (χ0n) is 17.1. The predicted octanol–water partition coefficient (Wildman–Crippen LogP) is 5.20. The van der Waals surface area contributed by atoms with Gasteiger partial charge in [-0.3, -0.25) is 9.59 Å². The third-order valence-electron chi connectivity index (χ3n) is 5.41. The Kier molecular flexibility index (Phi) is 5.50. The molecule has 4 nitrogen and oxygen atoms in total. The summed E-state index contributed by atoms with van der Waals surface area (Å²) in [7, 11) is 0. The van der Waals surface area contributed by atoms with Crippen LogP contribution >= 0.6 is 11.8 Å². The molecule has 29 heavy (non-hydrogen) atoms. The molecule has 1 N–H and O–H groups in total. The quantitative estimate of drug-likeness (QED) is 0.698. The Morgan fingerprint density at radius 3 is 2.62 bits per heavy atom. The van der Waals surface area contributed by atoms with Crippen molar-refractivity contribution in [2.24, 2.45) is 11.8 Å². The topological polar surface area (TPSA) is 49.4 Å². The van der Waals surface area contributed by atoms with E-state index in [0.29, 0.717) is 28.0 Å². The maximum atomic E-state index is 13.0. The summed E-state index contributed by atoms with van der Waals surface area (Å²) >= 11 is 1.45. The third kappa shape index (κ3) is 4.40. The second kappa shape index (κ2) is 8.07. The maximum absolute atomic E-state index is 13.0. The minimum atomic E-state index is -0.131. The van der Waals surface area contributed by atoms with Crippen molar-refractivity contribution < 1.29 is 9.59 Å². The highest BCUT2D eigenvalue weighted by molar-refractivity contribution is 8.04. The number of aryl methyl sites for hydroxylation is 1. The number of likely N-dealkylation sites (tertiary alicyclic amines) is 1. The number of thioether (sulfide) groups is 1. The average Bonchev–Trinajstić information content (AvgIpc) is 2.67. The second-order valence-corrected chi connectivity index (χ2v) is 9.43. The Labute approximate surface area is 176 Å². The fourth-order valence-electron chi connectivity index (χ4n) is 4.22. The van der Waals surface area contributed by atoms with Gasteiger partial charge in [-0.15, -0.1) is 0 Å². The fraction of sp³-hybridized carbons (Fsp3) is 0.333. The molecule has 5 heteroatoms. The standard InChI is InChI=1S/C24H26N2O2S/c1-15-5-4-6-18(10-15)11-22-23(27)25-20-12-19(7-8-21(20)29-22)24(28)26-13-16(2)9-17(3)14-26/h4-8,10-12,16-17H,9,13-14H2,1-3H3,(H,25,27)/b22-11+. The first-order valence-electron chi connectivity index (χ1n) is 10.1. The fourth-order valence-corrected chi connectivity index (χ4v) is 5.15. The van der Waals surface area contributed by atoms with E-state index in [1.54, 1.807) is 0 Å². The molecule has 1 saturated heterocycles. The molecule has 2 aromatic rings. The van der Waals surface area contributed by atoms with Crippen LogP contribution in [0.4, 0.5) is 5.69 Å². The number of amides is 2. The molecule has 2 aromatic carbocycles. The molecular weight excluding hydrogens is 380 g/mol.